The van der Waals surface area contributed by atoms with Crippen molar-refractivity contribution in [3.63, 3.8) is 0 Å². The van der Waals surface area contributed by atoms with Crippen molar-refractivity contribution in [2.45, 2.75) is 6.92 Å². The Kier molecular flexibility index (Phi) is 4.24. The van der Waals surface area contributed by atoms with Gasteiger partial charge in [0.2, 0.25) is 0 Å². The average Bonchev–Trinajstić information content (AvgIpc) is 2.17. The Labute approximate surface area is 112 Å². The van der Waals surface area contributed by atoms with Gasteiger partial charge in [0.15, 0.2) is 5.78 Å². The average molecular weight is 322 g/mol. The third kappa shape index (κ3) is 2.34. The third-order valence-corrected chi connectivity index (χ3v) is 2.86. The largest absolute Gasteiger partial charge is 0.293 e. The summed E-state index contributed by atoms with van der Waals surface area (Å²) in [4.78, 5) is 19.4. The maximum absolute atomic E-state index is 11.3. The smallest absolute Gasteiger partial charge is 0.178 e. The van der Waals surface area contributed by atoms with Crippen LogP contribution in [0.25, 0.3) is 10.8 Å². The van der Waals surface area contributed by atoms with Crippen molar-refractivity contribution in [2.24, 2.45) is 0 Å². The summed E-state index contributed by atoms with van der Waals surface area (Å²) in [6, 6.07) is 1.64. The Bertz CT molecular complexity index is 560. The van der Waals surface area contributed by atoms with Crippen LogP contribution in [0.15, 0.2) is 22.9 Å². The highest BCUT2D eigenvalue weighted by Crippen LogP contribution is 2.26. The lowest BCUT2D eigenvalue weighted by molar-refractivity contribution is 0.101. The maximum Gasteiger partial charge on any atom is 0.178 e. The lowest BCUT2D eigenvalue weighted by atomic mass is 10.1. The molecule has 0 unspecified atom stereocenters. The predicted molar refractivity (Wildman–Crippen MR) is 69.5 cm³/mol. The van der Waals surface area contributed by atoms with Crippen molar-refractivity contribution >= 4 is 56.5 Å². The van der Waals surface area contributed by atoms with Crippen LogP contribution in [0.4, 0.5) is 0 Å². The molecule has 3 nitrogen and oxygen atoms in total. The van der Waals surface area contributed by atoms with E-state index in [4.69, 9.17) is 11.6 Å². The topological polar surface area (TPSA) is 42.9 Å². The number of carbonyl (C=O) groups excluding carboxylic acids is 1. The van der Waals surface area contributed by atoms with Crippen molar-refractivity contribution in [3.05, 3.63) is 33.8 Å². The van der Waals surface area contributed by atoms with E-state index in [1.54, 1.807) is 18.5 Å². The van der Waals surface area contributed by atoms with E-state index in [2.05, 4.69) is 25.9 Å². The molecule has 0 spiro atoms. The van der Waals surface area contributed by atoms with Crippen molar-refractivity contribution in [3.8, 4) is 0 Å². The number of hydrogen-bond acceptors (Lipinski definition) is 3. The summed E-state index contributed by atoms with van der Waals surface area (Å²) in [5, 5.41) is 1.90. The van der Waals surface area contributed by atoms with Crippen LogP contribution in [0, 0.1) is 0 Å². The van der Waals surface area contributed by atoms with Gasteiger partial charge in [-0.3, -0.25) is 9.78 Å². The van der Waals surface area contributed by atoms with Gasteiger partial charge in [-0.2, -0.15) is 0 Å². The van der Waals surface area contributed by atoms with E-state index in [0.717, 1.165) is 15.2 Å². The number of nitrogens with zero attached hydrogens (tertiary/aromatic N) is 2. The number of halogens is 3. The summed E-state index contributed by atoms with van der Waals surface area (Å²) in [6.45, 7) is 1.48. The fourth-order valence-electron chi connectivity index (χ4n) is 1.36. The molecule has 0 N–H and O–H groups in total. The van der Waals surface area contributed by atoms with Gasteiger partial charge in [0.1, 0.15) is 10.8 Å². The molecule has 0 atom stereocenters. The molecule has 6 heteroatoms. The first kappa shape index (κ1) is 13.4. The van der Waals surface area contributed by atoms with Crippen LogP contribution < -0.4 is 0 Å². The van der Waals surface area contributed by atoms with Gasteiger partial charge in [-0.15, -0.1) is 12.4 Å². The van der Waals surface area contributed by atoms with Crippen LogP contribution in [-0.2, 0) is 0 Å². The van der Waals surface area contributed by atoms with Gasteiger partial charge in [-0.1, -0.05) is 11.6 Å². The molecular weight excluding hydrogens is 315 g/mol. The van der Waals surface area contributed by atoms with Crippen molar-refractivity contribution in [1.29, 1.82) is 0 Å². The number of Topliss-reactive ketones (excluding diaryl/α,β-unsaturated/α-hetero) is 1. The fraction of sp³-hybridized carbons (Fsp3) is 0.100. The molecule has 2 aromatic heterocycles. The predicted octanol–water partition coefficient (Wildman–Crippen LogP) is 3.67. The summed E-state index contributed by atoms with van der Waals surface area (Å²) in [7, 11) is 0. The van der Waals surface area contributed by atoms with E-state index in [1.807, 2.05) is 0 Å². The Hall–Kier alpha value is -0.710. The summed E-state index contributed by atoms with van der Waals surface area (Å²) < 4.78 is 0.798. The Morgan fingerprint density at radius 1 is 1.31 bits per heavy atom. The molecule has 0 radical (unpaired) electrons. The van der Waals surface area contributed by atoms with Gasteiger partial charge >= 0.3 is 0 Å². The summed E-state index contributed by atoms with van der Waals surface area (Å²) in [5.74, 6) is -0.0882. The minimum Gasteiger partial charge on any atom is -0.293 e. The molecule has 2 aromatic rings. The zero-order chi connectivity index (χ0) is 11.0. The number of fused-ring (bicyclic) bond motifs is 1. The standard InChI is InChI=1S/C10H6BrClN2O.ClH/c1-5(15)10-6-2-9(12)13-3-7(6)8(11)4-14-10;/h2-4H,1H3;1H. The SMILES string of the molecule is CC(=O)c1ncc(Br)c2cnc(Cl)cc12.Cl. The van der Waals surface area contributed by atoms with Crippen LogP contribution in [0.2, 0.25) is 5.15 Å². The second-order valence-electron chi connectivity index (χ2n) is 3.06. The molecule has 0 fully saturated rings. The Morgan fingerprint density at radius 2 is 2.00 bits per heavy atom. The molecular formula is C10H7BrCl2N2O. The van der Waals surface area contributed by atoms with E-state index in [9.17, 15) is 4.79 Å². The van der Waals surface area contributed by atoms with Crippen molar-refractivity contribution < 1.29 is 4.79 Å². The first-order valence-corrected chi connectivity index (χ1v) is 5.37. The second-order valence-corrected chi connectivity index (χ2v) is 4.31. The van der Waals surface area contributed by atoms with E-state index in [0.29, 0.717) is 10.8 Å². The molecule has 0 saturated carbocycles. The molecule has 0 bridgehead atoms. The number of aromatic nitrogens is 2. The highest BCUT2D eigenvalue weighted by molar-refractivity contribution is 9.10. The highest BCUT2D eigenvalue weighted by Gasteiger charge is 2.10. The zero-order valence-corrected chi connectivity index (χ0v) is 11.4. The van der Waals surface area contributed by atoms with Crippen LogP contribution in [-0.4, -0.2) is 15.8 Å². The van der Waals surface area contributed by atoms with Gasteiger partial charge < -0.3 is 0 Å². The number of ketones is 1. The van der Waals surface area contributed by atoms with Crippen molar-refractivity contribution in [2.75, 3.05) is 0 Å². The minimum atomic E-state index is -0.0882. The first-order valence-electron chi connectivity index (χ1n) is 4.20. The molecule has 84 valence electrons. The van der Waals surface area contributed by atoms with Crippen LogP contribution >= 0.6 is 39.9 Å². The van der Waals surface area contributed by atoms with E-state index >= 15 is 0 Å². The second kappa shape index (κ2) is 5.08. The monoisotopic (exact) mass is 320 g/mol. The molecule has 0 saturated heterocycles. The minimum absolute atomic E-state index is 0. The number of rotatable bonds is 1. The molecule has 0 aliphatic carbocycles. The van der Waals surface area contributed by atoms with Crippen molar-refractivity contribution in [1.82, 2.24) is 9.97 Å². The number of carbonyl (C=O) groups is 1. The fourth-order valence-corrected chi connectivity index (χ4v) is 1.93. The molecule has 0 amide bonds. The van der Waals surface area contributed by atoms with E-state index in [1.165, 1.54) is 6.92 Å². The van der Waals surface area contributed by atoms with E-state index < -0.39 is 0 Å². The Morgan fingerprint density at radius 3 is 2.62 bits per heavy atom. The lowest BCUT2D eigenvalue weighted by Crippen LogP contribution is -1.98. The molecule has 2 rings (SSSR count). The van der Waals surface area contributed by atoms with Gasteiger partial charge in [0.25, 0.3) is 0 Å². The molecule has 0 aromatic carbocycles. The maximum atomic E-state index is 11.3. The van der Waals surface area contributed by atoms with Gasteiger partial charge in [-0.05, 0) is 22.0 Å². The Balaban J connectivity index is 0.00000128. The normalized spacial score (nSPS) is 9.94. The van der Waals surface area contributed by atoms with Crippen LogP contribution in [0.3, 0.4) is 0 Å². The van der Waals surface area contributed by atoms with Gasteiger partial charge in [0.05, 0.1) is 0 Å². The summed E-state index contributed by atoms with van der Waals surface area (Å²) in [6.07, 6.45) is 3.21. The van der Waals surface area contributed by atoms with Gasteiger partial charge in [0, 0.05) is 34.6 Å². The number of pyridine rings is 2. The van der Waals surface area contributed by atoms with Crippen LogP contribution in [0.5, 0.6) is 0 Å². The summed E-state index contributed by atoms with van der Waals surface area (Å²) in [5.41, 5.74) is 0.414. The first-order chi connectivity index (χ1) is 7.09. The van der Waals surface area contributed by atoms with Crippen LogP contribution in [0.1, 0.15) is 17.4 Å². The lowest BCUT2D eigenvalue weighted by Gasteiger charge is -2.04. The zero-order valence-electron chi connectivity index (χ0n) is 8.20. The summed E-state index contributed by atoms with van der Waals surface area (Å²) >= 11 is 9.13. The van der Waals surface area contributed by atoms with Gasteiger partial charge in [-0.25, -0.2) is 4.98 Å². The van der Waals surface area contributed by atoms with E-state index in [-0.39, 0.29) is 18.2 Å². The molecule has 0 aliphatic rings. The number of hydrogen-bond donors (Lipinski definition) is 0. The molecule has 0 aliphatic heterocycles. The quantitative estimate of drug-likeness (QED) is 0.594. The third-order valence-electron chi connectivity index (χ3n) is 2.02. The molecule has 2 heterocycles. The highest BCUT2D eigenvalue weighted by atomic mass is 79.9. The molecule has 16 heavy (non-hydrogen) atoms.